The maximum atomic E-state index is 8.13. The summed E-state index contributed by atoms with van der Waals surface area (Å²) in [5.74, 6) is 0. The van der Waals surface area contributed by atoms with Gasteiger partial charge in [-0.3, -0.25) is 4.98 Å². The van der Waals surface area contributed by atoms with Crippen LogP contribution in [-0.2, 0) is 0 Å². The molecule has 0 aliphatic carbocycles. The number of nitriles is 1. The Morgan fingerprint density at radius 3 is 3.00 bits per heavy atom. The molecule has 0 aliphatic rings. The van der Waals surface area contributed by atoms with Gasteiger partial charge in [0.2, 0.25) is 0 Å². The SMILES string of the molecule is N#CC=[C]c1ccccn1. The van der Waals surface area contributed by atoms with Gasteiger partial charge in [0, 0.05) is 18.3 Å². The van der Waals surface area contributed by atoms with E-state index in [-0.39, 0.29) is 0 Å². The summed E-state index contributed by atoms with van der Waals surface area (Å²) >= 11 is 0. The molecule has 0 N–H and O–H groups in total. The average Bonchev–Trinajstić information content (AvgIpc) is 2.03. The maximum Gasteiger partial charge on any atom is 0.0919 e. The lowest BCUT2D eigenvalue weighted by atomic mass is 10.3. The van der Waals surface area contributed by atoms with Gasteiger partial charge < -0.3 is 0 Å². The molecule has 1 aromatic rings. The van der Waals surface area contributed by atoms with E-state index in [1.807, 2.05) is 18.2 Å². The number of nitrogens with zero attached hydrogens (tertiary/aromatic N) is 2. The normalized spacial score (nSPS) is 9.50. The molecule has 0 atom stereocenters. The van der Waals surface area contributed by atoms with Crippen molar-refractivity contribution in [3.8, 4) is 6.07 Å². The third-order valence-corrected chi connectivity index (χ3v) is 0.949. The van der Waals surface area contributed by atoms with Crippen molar-refractivity contribution in [1.82, 2.24) is 4.98 Å². The fraction of sp³-hybridized carbons (Fsp3) is 0. The van der Waals surface area contributed by atoms with Gasteiger partial charge in [-0.2, -0.15) is 5.26 Å². The minimum Gasteiger partial charge on any atom is -0.256 e. The minimum absolute atomic E-state index is 0.684. The highest BCUT2D eigenvalue weighted by Gasteiger charge is 1.81. The molecule has 0 aromatic carbocycles. The molecule has 1 aromatic heterocycles. The summed E-state index contributed by atoms with van der Waals surface area (Å²) in [6.07, 6.45) is 5.64. The number of allylic oxidation sites excluding steroid dienone is 1. The van der Waals surface area contributed by atoms with Crippen LogP contribution in [0.2, 0.25) is 0 Å². The van der Waals surface area contributed by atoms with Gasteiger partial charge in [-0.1, -0.05) is 6.07 Å². The second-order valence-electron chi connectivity index (χ2n) is 1.63. The Balaban J connectivity index is 2.79. The Bertz CT molecular complexity index is 256. The zero-order valence-corrected chi connectivity index (χ0v) is 5.28. The van der Waals surface area contributed by atoms with Gasteiger partial charge >= 0.3 is 0 Å². The number of pyridine rings is 1. The van der Waals surface area contributed by atoms with E-state index in [0.29, 0.717) is 5.69 Å². The quantitative estimate of drug-likeness (QED) is 0.536. The van der Waals surface area contributed by atoms with E-state index in [2.05, 4.69) is 11.1 Å². The third kappa shape index (κ3) is 1.71. The van der Waals surface area contributed by atoms with Gasteiger partial charge in [0.25, 0.3) is 0 Å². The lowest BCUT2D eigenvalue weighted by Crippen LogP contribution is -1.76. The monoisotopic (exact) mass is 129 g/mol. The lowest BCUT2D eigenvalue weighted by molar-refractivity contribution is 1.25. The van der Waals surface area contributed by atoms with E-state index in [0.717, 1.165) is 0 Å². The molecule has 1 rings (SSSR count). The fourth-order valence-corrected chi connectivity index (χ4v) is 0.554. The molecule has 2 heteroatoms. The molecule has 0 bridgehead atoms. The topological polar surface area (TPSA) is 36.7 Å². The van der Waals surface area contributed by atoms with Crippen molar-refractivity contribution < 1.29 is 0 Å². The molecule has 47 valence electrons. The van der Waals surface area contributed by atoms with Crippen molar-refractivity contribution in [3.05, 3.63) is 42.2 Å². The molecule has 0 aliphatic heterocycles. The number of hydrogen-bond acceptors (Lipinski definition) is 2. The minimum atomic E-state index is 0.684. The van der Waals surface area contributed by atoms with Crippen LogP contribution in [0.1, 0.15) is 5.69 Å². The van der Waals surface area contributed by atoms with Crippen molar-refractivity contribution in [1.29, 1.82) is 5.26 Å². The first kappa shape index (κ1) is 6.50. The molecule has 0 unspecified atom stereocenters. The van der Waals surface area contributed by atoms with E-state index in [1.54, 1.807) is 12.3 Å². The predicted molar refractivity (Wildman–Crippen MR) is 36.8 cm³/mol. The number of rotatable bonds is 1. The fourth-order valence-electron chi connectivity index (χ4n) is 0.554. The molecule has 1 radical (unpaired) electrons. The van der Waals surface area contributed by atoms with E-state index in [4.69, 9.17) is 5.26 Å². The van der Waals surface area contributed by atoms with Crippen LogP contribution < -0.4 is 0 Å². The summed E-state index contributed by atoms with van der Waals surface area (Å²) in [5.41, 5.74) is 0.684. The third-order valence-electron chi connectivity index (χ3n) is 0.949. The summed E-state index contributed by atoms with van der Waals surface area (Å²) in [6.45, 7) is 0. The zero-order valence-electron chi connectivity index (χ0n) is 5.28. The Hall–Kier alpha value is -1.62. The second-order valence-corrected chi connectivity index (χ2v) is 1.63. The van der Waals surface area contributed by atoms with Crippen LogP contribution in [0.5, 0.6) is 0 Å². The van der Waals surface area contributed by atoms with Gasteiger partial charge in [0.1, 0.15) is 0 Å². The van der Waals surface area contributed by atoms with Gasteiger partial charge in [-0.25, -0.2) is 0 Å². The predicted octanol–water partition coefficient (Wildman–Crippen LogP) is 1.31. The van der Waals surface area contributed by atoms with Crippen molar-refractivity contribution >= 4 is 0 Å². The second kappa shape index (κ2) is 3.41. The molecule has 1 heterocycles. The van der Waals surface area contributed by atoms with Gasteiger partial charge in [0.15, 0.2) is 0 Å². The Labute approximate surface area is 59.4 Å². The van der Waals surface area contributed by atoms with Crippen LogP contribution in [-0.4, -0.2) is 4.98 Å². The van der Waals surface area contributed by atoms with E-state index >= 15 is 0 Å². The first-order valence-corrected chi connectivity index (χ1v) is 2.82. The summed E-state index contributed by atoms with van der Waals surface area (Å²) in [5, 5.41) is 8.13. The maximum absolute atomic E-state index is 8.13. The first-order chi connectivity index (χ1) is 4.93. The van der Waals surface area contributed by atoms with Gasteiger partial charge in [0.05, 0.1) is 11.8 Å². The van der Waals surface area contributed by atoms with Crippen LogP contribution in [0, 0.1) is 17.4 Å². The Morgan fingerprint density at radius 2 is 2.40 bits per heavy atom. The molecule has 0 saturated heterocycles. The van der Waals surface area contributed by atoms with E-state index in [1.165, 1.54) is 6.08 Å². The highest BCUT2D eigenvalue weighted by atomic mass is 14.6. The van der Waals surface area contributed by atoms with E-state index < -0.39 is 0 Å². The van der Waals surface area contributed by atoms with Crippen molar-refractivity contribution in [3.63, 3.8) is 0 Å². The van der Waals surface area contributed by atoms with Crippen molar-refractivity contribution in [2.75, 3.05) is 0 Å². The molecule has 0 saturated carbocycles. The molecule has 2 nitrogen and oxygen atoms in total. The standard InChI is InChI=1S/C8H5N2/c9-6-3-5-8-4-1-2-7-10-8/h1-4,7H. The lowest BCUT2D eigenvalue weighted by Gasteiger charge is -1.84. The zero-order chi connectivity index (χ0) is 7.23. The first-order valence-electron chi connectivity index (χ1n) is 2.82. The highest BCUT2D eigenvalue weighted by molar-refractivity contribution is 5.15. The van der Waals surface area contributed by atoms with E-state index in [9.17, 15) is 0 Å². The van der Waals surface area contributed by atoms with Crippen LogP contribution in [0.25, 0.3) is 0 Å². The largest absolute Gasteiger partial charge is 0.256 e. The summed E-state index contributed by atoms with van der Waals surface area (Å²) in [7, 11) is 0. The molecular formula is C8H5N2. The highest BCUT2D eigenvalue weighted by Crippen LogP contribution is 1.91. The van der Waals surface area contributed by atoms with Crippen LogP contribution in [0.4, 0.5) is 0 Å². The van der Waals surface area contributed by atoms with Gasteiger partial charge in [-0.05, 0) is 12.1 Å². The van der Waals surface area contributed by atoms with Crippen LogP contribution >= 0.6 is 0 Å². The van der Waals surface area contributed by atoms with Gasteiger partial charge in [-0.15, -0.1) is 0 Å². The Kier molecular flexibility index (Phi) is 2.22. The summed E-state index contributed by atoms with van der Waals surface area (Å²) in [6, 6.07) is 7.29. The Morgan fingerprint density at radius 1 is 1.50 bits per heavy atom. The number of hydrogen-bond donors (Lipinski definition) is 0. The molecular weight excluding hydrogens is 124 g/mol. The average molecular weight is 129 g/mol. The van der Waals surface area contributed by atoms with Crippen LogP contribution in [0.3, 0.4) is 0 Å². The molecule has 0 spiro atoms. The molecule has 0 fully saturated rings. The number of aromatic nitrogens is 1. The van der Waals surface area contributed by atoms with Crippen LogP contribution in [0.15, 0.2) is 30.5 Å². The molecule has 10 heavy (non-hydrogen) atoms. The van der Waals surface area contributed by atoms with Crippen molar-refractivity contribution in [2.45, 2.75) is 0 Å². The van der Waals surface area contributed by atoms with Crippen molar-refractivity contribution in [2.24, 2.45) is 0 Å². The summed E-state index contributed by atoms with van der Waals surface area (Å²) in [4.78, 5) is 3.92. The smallest absolute Gasteiger partial charge is 0.0919 e. The summed E-state index contributed by atoms with van der Waals surface area (Å²) < 4.78 is 0. The molecule has 0 amide bonds.